The molecule has 6 aromatic rings. The van der Waals surface area contributed by atoms with Crippen molar-refractivity contribution in [2.75, 3.05) is 0 Å². The van der Waals surface area contributed by atoms with Gasteiger partial charge in [0.25, 0.3) is 0 Å². The van der Waals surface area contributed by atoms with Crippen molar-refractivity contribution in [2.24, 2.45) is 5.92 Å². The number of hydrogen-bond acceptors (Lipinski definition) is 0. The number of aryl methyl sites for hydroxylation is 1. The number of fused-ring (bicyclic) bond motifs is 2. The number of hydrogen-bond donors (Lipinski definition) is 0. The molecular weight excluding hydrogens is 803 g/mol. The van der Waals surface area contributed by atoms with Crippen molar-refractivity contribution in [1.82, 2.24) is 0 Å². The molecular formula is C51H62Cl2SiZr-2. The van der Waals surface area contributed by atoms with Crippen LogP contribution in [0.3, 0.4) is 0 Å². The average Bonchev–Trinajstić information content (AvgIpc) is 3.78. The number of rotatable bonds is 5. The molecule has 0 N–H and O–H groups in total. The Kier molecular flexibility index (Phi) is 17.3. The Morgan fingerprint density at radius 2 is 1.24 bits per heavy atom. The van der Waals surface area contributed by atoms with Crippen molar-refractivity contribution in [3.8, 4) is 22.3 Å². The first-order valence-electron chi connectivity index (χ1n) is 20.6. The summed E-state index contributed by atoms with van der Waals surface area (Å²) < 4.78 is 0. The summed E-state index contributed by atoms with van der Waals surface area (Å²) in [5.41, 5.74) is 12.0. The van der Waals surface area contributed by atoms with Crippen LogP contribution >= 0.6 is 0 Å². The molecule has 2 aliphatic rings. The van der Waals surface area contributed by atoms with Gasteiger partial charge < -0.3 is 24.8 Å². The maximum absolute atomic E-state index is 2.43. The maximum atomic E-state index is 2.43. The summed E-state index contributed by atoms with van der Waals surface area (Å²) in [5.74, 6) is 2.39. The molecule has 0 bridgehead atoms. The van der Waals surface area contributed by atoms with E-state index in [4.69, 9.17) is 0 Å². The second kappa shape index (κ2) is 21.0. The van der Waals surface area contributed by atoms with E-state index in [0.717, 1.165) is 18.3 Å². The van der Waals surface area contributed by atoms with Crippen LogP contribution in [0.5, 0.6) is 0 Å². The van der Waals surface area contributed by atoms with E-state index >= 15 is 0 Å². The van der Waals surface area contributed by atoms with Gasteiger partial charge in [-0.25, -0.2) is 0 Å². The van der Waals surface area contributed by atoms with Gasteiger partial charge in [0.05, 0.1) is 0 Å². The minimum absolute atomic E-state index is 0. The van der Waals surface area contributed by atoms with Crippen LogP contribution in [0, 0.1) is 5.92 Å². The molecule has 0 saturated heterocycles. The Morgan fingerprint density at radius 3 is 1.85 bits per heavy atom. The van der Waals surface area contributed by atoms with Gasteiger partial charge in [-0.3, -0.25) is 0 Å². The van der Waals surface area contributed by atoms with E-state index in [1.165, 1.54) is 118 Å². The fourth-order valence-electron chi connectivity index (χ4n) is 8.75. The molecule has 0 nitrogen and oxygen atoms in total. The van der Waals surface area contributed by atoms with Crippen LogP contribution < -0.4 is 24.8 Å². The summed E-state index contributed by atoms with van der Waals surface area (Å²) in [4.78, 5) is 0. The molecule has 0 atom stereocenters. The molecule has 0 spiro atoms. The van der Waals surface area contributed by atoms with E-state index in [2.05, 4.69) is 157 Å². The molecule has 55 heavy (non-hydrogen) atoms. The van der Waals surface area contributed by atoms with Crippen molar-refractivity contribution in [3.05, 3.63) is 131 Å². The van der Waals surface area contributed by atoms with E-state index in [0.29, 0.717) is 5.92 Å². The second-order valence-corrected chi connectivity index (χ2v) is 26.7. The Bertz CT molecular complexity index is 2080. The van der Waals surface area contributed by atoms with Crippen molar-refractivity contribution < 1.29 is 48.1 Å². The van der Waals surface area contributed by atoms with E-state index in [1.807, 2.05) is 0 Å². The normalized spacial score (nSPS) is 17.3. The molecule has 6 aromatic carbocycles. The molecule has 0 radical (unpaired) electrons. The minimum atomic E-state index is 0. The van der Waals surface area contributed by atoms with Crippen LogP contribution in [-0.2, 0) is 35.2 Å². The van der Waals surface area contributed by atoms with Gasteiger partial charge >= 0.3 is 41.9 Å². The first-order chi connectivity index (χ1) is 25.5. The zero-order valence-electron chi connectivity index (χ0n) is 34.5. The Labute approximate surface area is 361 Å². The van der Waals surface area contributed by atoms with Crippen molar-refractivity contribution in [2.45, 2.75) is 129 Å². The van der Waals surface area contributed by atoms with E-state index in [1.54, 1.807) is 28.9 Å². The molecule has 0 aliphatic heterocycles. The molecule has 0 amide bonds. The summed E-state index contributed by atoms with van der Waals surface area (Å²) >= 11 is 1.74. The van der Waals surface area contributed by atoms with Crippen LogP contribution in [0.25, 0.3) is 43.8 Å². The number of halogens is 2. The van der Waals surface area contributed by atoms with Crippen LogP contribution in [0.1, 0.15) is 126 Å². The van der Waals surface area contributed by atoms with E-state index in [9.17, 15) is 0 Å². The quantitative estimate of drug-likeness (QED) is 0.120. The largest absolute Gasteiger partial charge is 1.00 e. The van der Waals surface area contributed by atoms with Gasteiger partial charge in [-0.05, 0) is 59.1 Å². The minimum Gasteiger partial charge on any atom is -1.00 e. The average molecular weight is 865 g/mol. The summed E-state index contributed by atoms with van der Waals surface area (Å²) in [6.07, 6.45) is 13.5. The zero-order chi connectivity index (χ0) is 37.5. The first-order valence-corrected chi connectivity index (χ1v) is 26.8. The molecule has 290 valence electrons. The third-order valence-electron chi connectivity index (χ3n) is 11.8. The second-order valence-electron chi connectivity index (χ2n) is 17.3. The van der Waals surface area contributed by atoms with E-state index < -0.39 is 0 Å². The third-order valence-corrected chi connectivity index (χ3v) is 11.8. The monoisotopic (exact) mass is 862 g/mol. The van der Waals surface area contributed by atoms with Crippen LogP contribution in [0.15, 0.2) is 109 Å². The molecule has 0 heterocycles. The Morgan fingerprint density at radius 1 is 0.655 bits per heavy atom. The SMILES string of the molecule is CC1CCC(c2c(-c3ccc(C(C)(C)C)cc3)[cH-]c3ccccc23)CC1.CCc1cc2c(-c3ccc(C4CCCCC4)cc3)cccc2[cH-]1.C[Si](C)=[Zr+2].[Cl-].[Cl-]. The third kappa shape index (κ3) is 11.7. The number of benzene rings is 4. The molecule has 2 aliphatic carbocycles. The van der Waals surface area contributed by atoms with Crippen molar-refractivity contribution in [3.63, 3.8) is 0 Å². The van der Waals surface area contributed by atoms with Gasteiger partial charge in [-0.15, -0.1) is 68.6 Å². The van der Waals surface area contributed by atoms with Gasteiger partial charge in [0, 0.05) is 0 Å². The Hall–Kier alpha value is -2.22. The summed E-state index contributed by atoms with van der Waals surface area (Å²) in [5, 5.41) is 5.64. The Balaban J connectivity index is 0.000000217. The fourth-order valence-corrected chi connectivity index (χ4v) is 8.75. The van der Waals surface area contributed by atoms with Gasteiger partial charge in [-0.1, -0.05) is 163 Å². The molecule has 0 unspecified atom stereocenters. The smallest absolute Gasteiger partial charge is 1.00 e. The molecule has 2 saturated carbocycles. The summed E-state index contributed by atoms with van der Waals surface area (Å²) in [6, 6.07) is 41.5. The topological polar surface area (TPSA) is 0 Å². The standard InChI is InChI=1S/C26H31.C23H25.C2H6Si.2ClH.Zr/c1-18-9-11-20(12-10-18)25-23-8-6-5-7-21(23)17-24(25)19-13-15-22(16-14-19)26(2,3)4;1-2-17-15-21-9-6-10-22(23(21)16-17)20-13-11-19(12-14-20)18-7-4-3-5-8-18;1-3-2;;;/h5-8,13-18,20H,9-12H2,1-4H3;6,9-16,18H,2-5,7-8H2,1H3;1-2H3;2*1H;/q2*-1;;;;+2/p-2. The van der Waals surface area contributed by atoms with E-state index in [-0.39, 0.29) is 35.7 Å². The van der Waals surface area contributed by atoms with Crippen molar-refractivity contribution >= 4 is 27.0 Å². The predicted molar refractivity (Wildman–Crippen MR) is 232 cm³/mol. The zero-order valence-corrected chi connectivity index (χ0v) is 39.4. The van der Waals surface area contributed by atoms with Crippen LogP contribution in [-0.4, -0.2) is 5.43 Å². The molecule has 2 fully saturated rings. The van der Waals surface area contributed by atoms with Gasteiger partial charge in [-0.2, -0.15) is 6.07 Å². The van der Waals surface area contributed by atoms with Crippen molar-refractivity contribution in [1.29, 1.82) is 0 Å². The summed E-state index contributed by atoms with van der Waals surface area (Å²) in [7, 11) is 0. The molecule has 8 rings (SSSR count). The van der Waals surface area contributed by atoms with Gasteiger partial charge in [0.15, 0.2) is 0 Å². The van der Waals surface area contributed by atoms with Crippen LogP contribution in [0.4, 0.5) is 0 Å². The van der Waals surface area contributed by atoms with Gasteiger partial charge in [0.2, 0.25) is 0 Å². The van der Waals surface area contributed by atoms with Crippen LogP contribution in [0.2, 0.25) is 13.1 Å². The summed E-state index contributed by atoms with van der Waals surface area (Å²) in [6.45, 7) is 16.1. The fraction of sp³-hybridized carbons (Fsp3) is 0.412. The van der Waals surface area contributed by atoms with Gasteiger partial charge in [0.1, 0.15) is 0 Å². The maximum Gasteiger partial charge on any atom is -1.00 e. The molecule has 4 heteroatoms. The molecule has 0 aromatic heterocycles. The predicted octanol–water partition coefficient (Wildman–Crippen LogP) is 9.45. The first kappa shape index (κ1) is 45.5.